The zero-order valence-corrected chi connectivity index (χ0v) is 19.5. The molecule has 1 saturated heterocycles. The highest BCUT2D eigenvalue weighted by atomic mass is 35.5. The first-order valence-electron chi connectivity index (χ1n) is 9.30. The van der Waals surface area contributed by atoms with Crippen LogP contribution >= 0.6 is 35.0 Å². The van der Waals surface area contributed by atoms with Gasteiger partial charge >= 0.3 is 0 Å². The highest BCUT2D eigenvalue weighted by molar-refractivity contribution is 8.18. The van der Waals surface area contributed by atoms with Crippen molar-refractivity contribution < 1.29 is 22.8 Å². The van der Waals surface area contributed by atoms with Gasteiger partial charge in [-0.3, -0.25) is 19.3 Å². The van der Waals surface area contributed by atoms with Gasteiger partial charge in [-0.1, -0.05) is 49.0 Å². The third kappa shape index (κ3) is 7.30. The minimum Gasteiger partial charge on any atom is -0.353 e. The van der Waals surface area contributed by atoms with Gasteiger partial charge in [0, 0.05) is 23.1 Å². The molecule has 0 spiro atoms. The molecule has 1 aromatic rings. The Morgan fingerprint density at radius 1 is 1.23 bits per heavy atom. The Balaban J connectivity index is 1.89. The number of rotatable bonds is 10. The predicted octanol–water partition coefficient (Wildman–Crippen LogP) is 3.75. The highest BCUT2D eigenvalue weighted by Gasteiger charge is 2.34. The van der Waals surface area contributed by atoms with Crippen LogP contribution < -0.4 is 5.32 Å². The van der Waals surface area contributed by atoms with E-state index in [-0.39, 0.29) is 23.7 Å². The fourth-order valence-corrected chi connectivity index (χ4v) is 5.26. The molecule has 164 valence electrons. The standard InChI is InChI=1S/C19H22Cl2N2O5S2/c1-2-3-4-9-30(27,28)12-17(24)22-7-8-23-18(25)16(29-19(23)26)10-13-5-6-14(20)11-15(13)21/h5-6,10-11H,2-4,7-9,12H2,1H3,(H,22,24)/b16-10-. The number of sulfone groups is 1. The van der Waals surface area contributed by atoms with Crippen LogP contribution in [0.5, 0.6) is 0 Å². The van der Waals surface area contributed by atoms with Gasteiger partial charge in [-0.15, -0.1) is 0 Å². The summed E-state index contributed by atoms with van der Waals surface area (Å²) in [4.78, 5) is 37.7. The SMILES string of the molecule is CCCCCS(=O)(=O)CC(=O)NCCN1C(=O)S/C(=C\c2ccc(Cl)cc2Cl)C1=O. The summed E-state index contributed by atoms with van der Waals surface area (Å²) in [5.41, 5.74) is 0.549. The Kier molecular flexibility index (Phi) is 9.21. The molecule has 0 aliphatic carbocycles. The molecular formula is C19H22Cl2N2O5S2. The summed E-state index contributed by atoms with van der Waals surface area (Å²) in [5.74, 6) is -1.79. The van der Waals surface area contributed by atoms with Crippen LogP contribution in [-0.2, 0) is 19.4 Å². The van der Waals surface area contributed by atoms with Crippen molar-refractivity contribution in [1.82, 2.24) is 10.2 Å². The van der Waals surface area contributed by atoms with Crippen molar-refractivity contribution in [2.75, 3.05) is 24.6 Å². The molecule has 1 aliphatic heterocycles. The number of nitrogens with zero attached hydrogens (tertiary/aromatic N) is 1. The van der Waals surface area contributed by atoms with E-state index in [0.717, 1.165) is 29.5 Å². The minimum absolute atomic E-state index is 0.0314. The molecular weight excluding hydrogens is 471 g/mol. The Hall–Kier alpha value is -1.55. The van der Waals surface area contributed by atoms with Crippen LogP contribution in [0.3, 0.4) is 0 Å². The molecule has 3 amide bonds. The first-order chi connectivity index (χ1) is 14.1. The lowest BCUT2D eigenvalue weighted by Gasteiger charge is -2.13. The second kappa shape index (κ2) is 11.2. The molecule has 0 bridgehead atoms. The Bertz CT molecular complexity index is 964. The average Bonchev–Trinajstić information content (AvgIpc) is 2.91. The third-order valence-electron chi connectivity index (χ3n) is 4.19. The van der Waals surface area contributed by atoms with Crippen molar-refractivity contribution in [2.24, 2.45) is 0 Å². The smallest absolute Gasteiger partial charge is 0.293 e. The van der Waals surface area contributed by atoms with E-state index in [1.54, 1.807) is 12.1 Å². The van der Waals surface area contributed by atoms with Crippen LogP contribution in [0.2, 0.25) is 10.0 Å². The van der Waals surface area contributed by atoms with Crippen molar-refractivity contribution in [3.05, 3.63) is 38.7 Å². The van der Waals surface area contributed by atoms with E-state index in [1.165, 1.54) is 12.1 Å². The molecule has 7 nitrogen and oxygen atoms in total. The van der Waals surface area contributed by atoms with E-state index < -0.39 is 32.6 Å². The number of hydrogen-bond acceptors (Lipinski definition) is 6. The first kappa shape index (κ1) is 24.7. The van der Waals surface area contributed by atoms with Crippen molar-refractivity contribution in [1.29, 1.82) is 0 Å². The molecule has 1 aliphatic rings. The maximum Gasteiger partial charge on any atom is 0.293 e. The number of imide groups is 1. The Morgan fingerprint density at radius 2 is 1.97 bits per heavy atom. The van der Waals surface area contributed by atoms with Gasteiger partial charge in [0.2, 0.25) is 5.91 Å². The van der Waals surface area contributed by atoms with Crippen LogP contribution in [-0.4, -0.2) is 55.0 Å². The lowest BCUT2D eigenvalue weighted by Crippen LogP contribution is -2.39. The van der Waals surface area contributed by atoms with E-state index in [4.69, 9.17) is 23.2 Å². The van der Waals surface area contributed by atoms with Crippen LogP contribution in [0.1, 0.15) is 31.7 Å². The van der Waals surface area contributed by atoms with E-state index in [0.29, 0.717) is 22.0 Å². The van der Waals surface area contributed by atoms with Gasteiger partial charge in [0.1, 0.15) is 5.75 Å². The van der Waals surface area contributed by atoms with Gasteiger partial charge in [-0.25, -0.2) is 8.42 Å². The summed E-state index contributed by atoms with van der Waals surface area (Å²) in [6, 6.07) is 4.79. The van der Waals surface area contributed by atoms with Crippen LogP contribution in [0.4, 0.5) is 4.79 Å². The van der Waals surface area contributed by atoms with Gasteiger partial charge in [-0.05, 0) is 42.0 Å². The third-order valence-corrected chi connectivity index (χ3v) is 7.27. The molecule has 2 rings (SSSR count). The largest absolute Gasteiger partial charge is 0.353 e. The van der Waals surface area contributed by atoms with E-state index in [2.05, 4.69) is 5.32 Å². The Labute approximate surface area is 190 Å². The number of halogens is 2. The zero-order valence-electron chi connectivity index (χ0n) is 16.3. The second-order valence-electron chi connectivity index (χ2n) is 6.65. The fraction of sp³-hybridized carbons (Fsp3) is 0.421. The molecule has 0 unspecified atom stereocenters. The summed E-state index contributed by atoms with van der Waals surface area (Å²) >= 11 is 12.7. The van der Waals surface area contributed by atoms with E-state index >= 15 is 0 Å². The molecule has 0 radical (unpaired) electrons. The van der Waals surface area contributed by atoms with Crippen LogP contribution in [0.25, 0.3) is 6.08 Å². The van der Waals surface area contributed by atoms with Gasteiger partial charge in [0.25, 0.3) is 11.1 Å². The van der Waals surface area contributed by atoms with Crippen molar-refractivity contribution in [3.63, 3.8) is 0 Å². The highest BCUT2D eigenvalue weighted by Crippen LogP contribution is 2.33. The van der Waals surface area contributed by atoms with E-state index in [1.807, 2.05) is 6.92 Å². The molecule has 0 atom stereocenters. The summed E-state index contributed by atoms with van der Waals surface area (Å²) < 4.78 is 23.8. The van der Waals surface area contributed by atoms with Gasteiger partial charge < -0.3 is 5.32 Å². The number of carbonyl (C=O) groups excluding carboxylic acids is 3. The molecule has 1 aromatic carbocycles. The lowest BCUT2D eigenvalue weighted by atomic mass is 10.2. The normalized spacial score (nSPS) is 15.8. The summed E-state index contributed by atoms with van der Waals surface area (Å²) in [6.45, 7) is 1.87. The first-order valence-corrected chi connectivity index (χ1v) is 12.7. The van der Waals surface area contributed by atoms with Gasteiger partial charge in [0.15, 0.2) is 9.84 Å². The zero-order chi connectivity index (χ0) is 22.3. The summed E-state index contributed by atoms with van der Waals surface area (Å²) in [6.07, 6.45) is 3.70. The molecule has 1 fully saturated rings. The number of carbonyl (C=O) groups is 3. The number of unbranched alkanes of at least 4 members (excludes halogenated alkanes) is 2. The number of nitrogens with one attached hydrogen (secondary N) is 1. The molecule has 0 saturated carbocycles. The number of thioether (sulfide) groups is 1. The molecule has 30 heavy (non-hydrogen) atoms. The van der Waals surface area contributed by atoms with Gasteiger partial charge in [-0.2, -0.15) is 0 Å². The Morgan fingerprint density at radius 3 is 2.63 bits per heavy atom. The monoisotopic (exact) mass is 492 g/mol. The molecule has 1 heterocycles. The maximum absolute atomic E-state index is 12.5. The minimum atomic E-state index is -3.47. The van der Waals surface area contributed by atoms with Gasteiger partial charge in [0.05, 0.1) is 10.7 Å². The number of amides is 3. The van der Waals surface area contributed by atoms with Crippen molar-refractivity contribution in [3.8, 4) is 0 Å². The quantitative estimate of drug-likeness (QED) is 0.394. The van der Waals surface area contributed by atoms with Crippen molar-refractivity contribution in [2.45, 2.75) is 26.2 Å². The molecule has 1 N–H and O–H groups in total. The number of benzene rings is 1. The predicted molar refractivity (Wildman–Crippen MR) is 120 cm³/mol. The fourth-order valence-electron chi connectivity index (χ4n) is 2.65. The molecule has 0 aromatic heterocycles. The van der Waals surface area contributed by atoms with Crippen LogP contribution in [0, 0.1) is 0 Å². The van der Waals surface area contributed by atoms with E-state index in [9.17, 15) is 22.8 Å². The second-order valence-corrected chi connectivity index (χ2v) is 10.7. The number of hydrogen-bond donors (Lipinski definition) is 1. The average molecular weight is 493 g/mol. The lowest BCUT2D eigenvalue weighted by molar-refractivity contribution is -0.123. The summed E-state index contributed by atoms with van der Waals surface area (Å²) in [7, 11) is -3.47. The maximum atomic E-state index is 12.5. The molecule has 11 heteroatoms. The van der Waals surface area contributed by atoms with Crippen LogP contribution in [0.15, 0.2) is 23.1 Å². The summed E-state index contributed by atoms with van der Waals surface area (Å²) in [5, 5.41) is 2.78. The topological polar surface area (TPSA) is 101 Å². The van der Waals surface area contributed by atoms with Crippen molar-refractivity contribution >= 4 is 67.9 Å².